The Morgan fingerprint density at radius 3 is 2.55 bits per heavy atom. The SMILES string of the molecule is Cc1cc(C(=O)C2C(=O)N(C)N=C2c2ccncc2)c(C)o1. The predicted octanol–water partition coefficient (Wildman–Crippen LogP) is 1.97. The molecule has 0 bridgehead atoms. The van der Waals surface area contributed by atoms with Crippen LogP contribution in [0.15, 0.2) is 40.1 Å². The molecule has 0 aliphatic carbocycles. The number of carbonyl (C=O) groups is 2. The minimum absolute atomic E-state index is 0.292. The Labute approximate surface area is 127 Å². The van der Waals surface area contributed by atoms with Gasteiger partial charge in [-0.25, -0.2) is 5.01 Å². The maximum absolute atomic E-state index is 12.8. The number of rotatable bonds is 3. The topological polar surface area (TPSA) is 75.8 Å². The molecule has 0 N–H and O–H groups in total. The van der Waals surface area contributed by atoms with Crippen LogP contribution in [0.5, 0.6) is 0 Å². The molecule has 2 aromatic heterocycles. The van der Waals surface area contributed by atoms with Crippen LogP contribution in [0.3, 0.4) is 0 Å². The van der Waals surface area contributed by atoms with Gasteiger partial charge in [-0.05, 0) is 32.0 Å². The van der Waals surface area contributed by atoms with E-state index >= 15 is 0 Å². The highest BCUT2D eigenvalue weighted by Crippen LogP contribution is 2.26. The van der Waals surface area contributed by atoms with Crippen molar-refractivity contribution < 1.29 is 14.0 Å². The smallest absolute Gasteiger partial charge is 0.259 e. The fourth-order valence-corrected chi connectivity index (χ4v) is 2.59. The summed E-state index contributed by atoms with van der Waals surface area (Å²) < 4.78 is 5.40. The van der Waals surface area contributed by atoms with Crippen LogP contribution in [-0.4, -0.2) is 34.4 Å². The van der Waals surface area contributed by atoms with E-state index in [1.807, 2.05) is 0 Å². The molecule has 22 heavy (non-hydrogen) atoms. The van der Waals surface area contributed by atoms with Gasteiger partial charge in [-0.2, -0.15) is 5.10 Å². The summed E-state index contributed by atoms with van der Waals surface area (Å²) >= 11 is 0. The van der Waals surface area contributed by atoms with Gasteiger partial charge in [-0.15, -0.1) is 0 Å². The highest BCUT2D eigenvalue weighted by molar-refractivity contribution is 6.31. The van der Waals surface area contributed by atoms with Crippen molar-refractivity contribution >= 4 is 17.4 Å². The van der Waals surface area contributed by atoms with E-state index in [0.29, 0.717) is 28.4 Å². The molecule has 3 rings (SSSR count). The van der Waals surface area contributed by atoms with Gasteiger partial charge in [0, 0.05) is 25.0 Å². The summed E-state index contributed by atoms with van der Waals surface area (Å²) in [5.41, 5.74) is 1.58. The first-order valence-electron chi connectivity index (χ1n) is 6.86. The van der Waals surface area contributed by atoms with Crippen molar-refractivity contribution in [3.05, 3.63) is 53.2 Å². The summed E-state index contributed by atoms with van der Waals surface area (Å²) in [6, 6.07) is 5.13. The van der Waals surface area contributed by atoms with E-state index in [1.165, 1.54) is 5.01 Å². The van der Waals surface area contributed by atoms with E-state index in [0.717, 1.165) is 0 Å². The number of hydrogen-bond donors (Lipinski definition) is 0. The number of ketones is 1. The summed E-state index contributed by atoms with van der Waals surface area (Å²) in [7, 11) is 1.55. The van der Waals surface area contributed by atoms with Gasteiger partial charge in [0.25, 0.3) is 5.91 Å². The van der Waals surface area contributed by atoms with Crippen molar-refractivity contribution in [3.63, 3.8) is 0 Å². The van der Waals surface area contributed by atoms with E-state index in [-0.39, 0.29) is 11.7 Å². The number of pyridine rings is 1. The molecule has 1 unspecified atom stereocenters. The number of nitrogens with zero attached hydrogens (tertiary/aromatic N) is 3. The molecule has 6 nitrogen and oxygen atoms in total. The number of carbonyl (C=O) groups excluding carboxylic acids is 2. The van der Waals surface area contributed by atoms with Crippen LogP contribution in [0.2, 0.25) is 0 Å². The molecule has 2 aromatic rings. The number of furan rings is 1. The zero-order valence-electron chi connectivity index (χ0n) is 12.5. The van der Waals surface area contributed by atoms with Crippen LogP contribution in [0, 0.1) is 19.8 Å². The van der Waals surface area contributed by atoms with E-state index in [9.17, 15) is 9.59 Å². The van der Waals surface area contributed by atoms with E-state index < -0.39 is 5.92 Å². The average molecular weight is 297 g/mol. The zero-order valence-corrected chi connectivity index (χ0v) is 12.5. The van der Waals surface area contributed by atoms with E-state index in [2.05, 4.69) is 10.1 Å². The molecule has 3 heterocycles. The van der Waals surface area contributed by atoms with E-state index in [4.69, 9.17) is 4.42 Å². The van der Waals surface area contributed by atoms with Crippen LogP contribution in [-0.2, 0) is 4.79 Å². The lowest BCUT2D eigenvalue weighted by Gasteiger charge is -2.10. The van der Waals surface area contributed by atoms with Gasteiger partial charge in [-0.3, -0.25) is 14.6 Å². The Morgan fingerprint density at radius 1 is 1.27 bits per heavy atom. The molecule has 0 saturated carbocycles. The summed E-state index contributed by atoms with van der Waals surface area (Å²) in [4.78, 5) is 29.1. The van der Waals surface area contributed by atoms with Gasteiger partial charge in [0.05, 0.1) is 11.3 Å². The summed E-state index contributed by atoms with van der Waals surface area (Å²) in [5.74, 6) is -0.418. The second kappa shape index (κ2) is 5.22. The van der Waals surface area contributed by atoms with Crippen LogP contribution < -0.4 is 0 Å². The fourth-order valence-electron chi connectivity index (χ4n) is 2.59. The van der Waals surface area contributed by atoms with Crippen molar-refractivity contribution in [3.8, 4) is 0 Å². The molecular weight excluding hydrogens is 282 g/mol. The summed E-state index contributed by atoms with van der Waals surface area (Å²) in [6.07, 6.45) is 3.21. The maximum Gasteiger partial charge on any atom is 0.259 e. The van der Waals surface area contributed by atoms with Crippen LogP contribution in [0.25, 0.3) is 0 Å². The Kier molecular flexibility index (Phi) is 3.36. The second-order valence-corrected chi connectivity index (χ2v) is 5.21. The lowest BCUT2D eigenvalue weighted by molar-refractivity contribution is -0.129. The minimum Gasteiger partial charge on any atom is -0.466 e. The number of hydrogen-bond acceptors (Lipinski definition) is 5. The first kappa shape index (κ1) is 14.2. The second-order valence-electron chi connectivity index (χ2n) is 5.21. The van der Waals surface area contributed by atoms with E-state index in [1.54, 1.807) is 51.5 Å². The first-order chi connectivity index (χ1) is 10.5. The molecule has 0 saturated heterocycles. The molecule has 112 valence electrons. The minimum atomic E-state index is -0.942. The van der Waals surface area contributed by atoms with Gasteiger partial charge in [0.2, 0.25) is 0 Å². The van der Waals surface area contributed by atoms with Crippen LogP contribution in [0.4, 0.5) is 0 Å². The highest BCUT2D eigenvalue weighted by Gasteiger charge is 2.41. The number of Topliss-reactive ketones (excluding diaryl/α,β-unsaturated/α-hetero) is 1. The largest absolute Gasteiger partial charge is 0.466 e. The number of amides is 1. The van der Waals surface area contributed by atoms with Crippen LogP contribution >= 0.6 is 0 Å². The lowest BCUT2D eigenvalue weighted by Crippen LogP contribution is -2.32. The number of aromatic nitrogens is 1. The van der Waals surface area contributed by atoms with Crippen molar-refractivity contribution in [2.24, 2.45) is 11.0 Å². The van der Waals surface area contributed by atoms with Gasteiger partial charge >= 0.3 is 0 Å². The average Bonchev–Trinajstić information content (AvgIpc) is 2.99. The molecule has 1 amide bonds. The number of hydrazone groups is 1. The monoisotopic (exact) mass is 297 g/mol. The molecular formula is C16H15N3O3. The highest BCUT2D eigenvalue weighted by atomic mass is 16.3. The van der Waals surface area contributed by atoms with Gasteiger partial charge in [0.1, 0.15) is 17.4 Å². The molecule has 0 fully saturated rings. The molecule has 1 aliphatic rings. The lowest BCUT2D eigenvalue weighted by atomic mass is 9.90. The zero-order chi connectivity index (χ0) is 15.9. The van der Waals surface area contributed by atoms with Crippen molar-refractivity contribution in [1.29, 1.82) is 0 Å². The number of aryl methyl sites for hydroxylation is 2. The van der Waals surface area contributed by atoms with Gasteiger partial charge in [-0.1, -0.05) is 0 Å². The third-order valence-corrected chi connectivity index (χ3v) is 3.64. The Balaban J connectivity index is 2.04. The summed E-state index contributed by atoms with van der Waals surface area (Å²) in [6.45, 7) is 3.48. The Hall–Kier alpha value is -2.76. The first-order valence-corrected chi connectivity index (χ1v) is 6.86. The molecule has 0 spiro atoms. The Morgan fingerprint density at radius 2 is 1.95 bits per heavy atom. The van der Waals surface area contributed by atoms with Crippen molar-refractivity contribution in [2.45, 2.75) is 13.8 Å². The van der Waals surface area contributed by atoms with Gasteiger partial charge < -0.3 is 4.42 Å². The third-order valence-electron chi connectivity index (χ3n) is 3.64. The molecule has 1 aliphatic heterocycles. The van der Waals surface area contributed by atoms with Crippen molar-refractivity contribution in [2.75, 3.05) is 7.05 Å². The van der Waals surface area contributed by atoms with Crippen molar-refractivity contribution in [1.82, 2.24) is 9.99 Å². The molecule has 6 heteroatoms. The molecule has 0 radical (unpaired) electrons. The third kappa shape index (κ3) is 2.22. The fraction of sp³-hybridized carbons (Fsp3) is 0.250. The standard InChI is InChI=1S/C16H15N3O3/c1-9-8-12(10(2)22-9)15(20)13-14(18-19(3)16(13)21)11-4-6-17-7-5-11/h4-8,13H,1-3H3. The quantitative estimate of drug-likeness (QED) is 0.641. The predicted molar refractivity (Wildman–Crippen MR) is 79.5 cm³/mol. The summed E-state index contributed by atoms with van der Waals surface area (Å²) in [5, 5.41) is 5.43. The van der Waals surface area contributed by atoms with Crippen LogP contribution in [0.1, 0.15) is 27.4 Å². The molecule has 0 aromatic carbocycles. The maximum atomic E-state index is 12.8. The molecule has 1 atom stereocenters. The van der Waals surface area contributed by atoms with Gasteiger partial charge in [0.15, 0.2) is 5.78 Å². The Bertz CT molecular complexity index is 777. The normalized spacial score (nSPS) is 17.8.